The van der Waals surface area contributed by atoms with Gasteiger partial charge in [-0.05, 0) is 22.4 Å². The predicted molar refractivity (Wildman–Crippen MR) is 85.6 cm³/mol. The maximum atomic E-state index is 11.0. The van der Waals surface area contributed by atoms with Gasteiger partial charge in [-0.25, -0.2) is 0 Å². The molecule has 0 saturated heterocycles. The third-order valence-corrected chi connectivity index (χ3v) is 4.10. The first-order valence-electron chi connectivity index (χ1n) is 6.76. The number of aromatic nitrogens is 1. The largest absolute Gasteiger partial charge is 0.387 e. The standard InChI is InChI=1S/C16H16N2O2S/c19-15(9-17-8-14-10-21-16(20)18-14)13-6-5-11-3-1-2-4-12(11)7-13/h1-7,10,15,17,19H,8-9H2,(H,18,20). The molecule has 21 heavy (non-hydrogen) atoms. The van der Waals surface area contributed by atoms with Crippen LogP contribution in [0.25, 0.3) is 10.8 Å². The van der Waals surface area contributed by atoms with Crippen LogP contribution in [0.5, 0.6) is 0 Å². The Balaban J connectivity index is 1.63. The normalized spacial score (nSPS) is 12.6. The number of aliphatic hydroxyl groups is 1. The van der Waals surface area contributed by atoms with E-state index < -0.39 is 6.10 Å². The van der Waals surface area contributed by atoms with Crippen LogP contribution in [0.15, 0.2) is 52.6 Å². The van der Waals surface area contributed by atoms with Gasteiger partial charge in [0.2, 0.25) is 0 Å². The number of aliphatic hydroxyl groups excluding tert-OH is 1. The molecular formula is C16H16N2O2S. The molecule has 3 N–H and O–H groups in total. The highest BCUT2D eigenvalue weighted by atomic mass is 32.1. The Kier molecular flexibility index (Phi) is 4.15. The zero-order valence-electron chi connectivity index (χ0n) is 11.4. The zero-order valence-corrected chi connectivity index (χ0v) is 12.2. The lowest BCUT2D eigenvalue weighted by Gasteiger charge is -2.12. The van der Waals surface area contributed by atoms with Gasteiger partial charge in [-0.1, -0.05) is 47.7 Å². The van der Waals surface area contributed by atoms with Crippen molar-refractivity contribution >= 4 is 22.1 Å². The summed E-state index contributed by atoms with van der Waals surface area (Å²) in [5, 5.41) is 17.5. The van der Waals surface area contributed by atoms with Gasteiger partial charge in [0.05, 0.1) is 6.10 Å². The molecule has 108 valence electrons. The summed E-state index contributed by atoms with van der Waals surface area (Å²) in [5.41, 5.74) is 1.73. The summed E-state index contributed by atoms with van der Waals surface area (Å²) in [6, 6.07) is 14.1. The summed E-state index contributed by atoms with van der Waals surface area (Å²) >= 11 is 1.15. The van der Waals surface area contributed by atoms with Crippen LogP contribution in [-0.4, -0.2) is 16.6 Å². The Morgan fingerprint density at radius 1 is 1.19 bits per heavy atom. The van der Waals surface area contributed by atoms with Crippen LogP contribution in [0.2, 0.25) is 0 Å². The fourth-order valence-corrected chi connectivity index (χ4v) is 2.86. The zero-order chi connectivity index (χ0) is 14.7. The molecule has 2 aromatic carbocycles. The SMILES string of the molecule is O=c1[nH]c(CNCC(O)c2ccc3ccccc3c2)cs1. The number of rotatable bonds is 5. The molecule has 1 unspecified atom stereocenters. The van der Waals surface area contributed by atoms with E-state index in [4.69, 9.17) is 0 Å². The predicted octanol–water partition coefficient (Wildman–Crippen LogP) is 2.41. The van der Waals surface area contributed by atoms with Crippen molar-refractivity contribution in [2.24, 2.45) is 0 Å². The van der Waals surface area contributed by atoms with Gasteiger partial charge in [0.1, 0.15) is 0 Å². The van der Waals surface area contributed by atoms with Gasteiger partial charge < -0.3 is 15.4 Å². The van der Waals surface area contributed by atoms with Crippen LogP contribution in [0, 0.1) is 0 Å². The van der Waals surface area contributed by atoms with Crippen molar-refractivity contribution in [3.05, 3.63) is 68.8 Å². The molecule has 5 heteroatoms. The van der Waals surface area contributed by atoms with Crippen molar-refractivity contribution in [1.29, 1.82) is 0 Å². The van der Waals surface area contributed by atoms with Gasteiger partial charge in [0.25, 0.3) is 0 Å². The molecule has 0 saturated carbocycles. The molecule has 0 amide bonds. The Morgan fingerprint density at radius 2 is 2.00 bits per heavy atom. The van der Waals surface area contributed by atoms with E-state index >= 15 is 0 Å². The van der Waals surface area contributed by atoms with Crippen LogP contribution in [-0.2, 0) is 6.54 Å². The van der Waals surface area contributed by atoms with Crippen molar-refractivity contribution in [1.82, 2.24) is 10.3 Å². The first-order chi connectivity index (χ1) is 10.2. The Hall–Kier alpha value is -1.95. The highest BCUT2D eigenvalue weighted by molar-refractivity contribution is 7.07. The molecule has 0 fully saturated rings. The summed E-state index contributed by atoms with van der Waals surface area (Å²) in [4.78, 5) is 13.7. The highest BCUT2D eigenvalue weighted by Gasteiger charge is 2.08. The first-order valence-corrected chi connectivity index (χ1v) is 7.64. The van der Waals surface area contributed by atoms with E-state index in [9.17, 15) is 9.90 Å². The van der Waals surface area contributed by atoms with Crippen LogP contribution >= 0.6 is 11.3 Å². The third kappa shape index (κ3) is 3.39. The van der Waals surface area contributed by atoms with E-state index in [0.29, 0.717) is 13.1 Å². The Bertz CT molecular complexity index is 794. The summed E-state index contributed by atoms with van der Waals surface area (Å²) < 4.78 is 0. The van der Waals surface area contributed by atoms with E-state index in [1.54, 1.807) is 5.38 Å². The van der Waals surface area contributed by atoms with Crippen molar-refractivity contribution in [2.45, 2.75) is 12.6 Å². The molecule has 0 aliphatic carbocycles. The molecule has 1 aromatic heterocycles. The molecular weight excluding hydrogens is 284 g/mol. The number of hydrogen-bond acceptors (Lipinski definition) is 4. The number of hydrogen-bond donors (Lipinski definition) is 3. The lowest BCUT2D eigenvalue weighted by molar-refractivity contribution is 0.174. The maximum Gasteiger partial charge on any atom is 0.304 e. The van der Waals surface area contributed by atoms with E-state index in [-0.39, 0.29) is 4.87 Å². The van der Waals surface area contributed by atoms with Gasteiger partial charge in [0.15, 0.2) is 0 Å². The Morgan fingerprint density at radius 3 is 2.76 bits per heavy atom. The highest BCUT2D eigenvalue weighted by Crippen LogP contribution is 2.20. The van der Waals surface area contributed by atoms with E-state index in [2.05, 4.69) is 16.4 Å². The van der Waals surface area contributed by atoms with E-state index in [1.165, 1.54) is 0 Å². The number of fused-ring (bicyclic) bond motifs is 1. The molecule has 4 nitrogen and oxygen atoms in total. The fraction of sp³-hybridized carbons (Fsp3) is 0.188. The number of benzene rings is 2. The second kappa shape index (κ2) is 6.22. The minimum atomic E-state index is -0.569. The summed E-state index contributed by atoms with van der Waals surface area (Å²) in [7, 11) is 0. The van der Waals surface area contributed by atoms with Crippen molar-refractivity contribution in [2.75, 3.05) is 6.54 Å². The first kappa shape index (κ1) is 14.0. The third-order valence-electron chi connectivity index (χ3n) is 3.38. The monoisotopic (exact) mass is 300 g/mol. The number of H-pyrrole nitrogens is 1. The average molecular weight is 300 g/mol. The number of nitrogens with one attached hydrogen (secondary N) is 2. The summed E-state index contributed by atoms with van der Waals surface area (Å²) in [6.07, 6.45) is -0.569. The molecule has 1 heterocycles. The van der Waals surface area contributed by atoms with Gasteiger partial charge in [-0.2, -0.15) is 0 Å². The minimum Gasteiger partial charge on any atom is -0.387 e. The van der Waals surface area contributed by atoms with Gasteiger partial charge in [-0.3, -0.25) is 4.79 Å². The van der Waals surface area contributed by atoms with Crippen LogP contribution in [0.1, 0.15) is 17.4 Å². The lowest BCUT2D eigenvalue weighted by atomic mass is 10.0. The van der Waals surface area contributed by atoms with Crippen molar-refractivity contribution in [3.8, 4) is 0 Å². The van der Waals surface area contributed by atoms with Gasteiger partial charge >= 0.3 is 4.87 Å². The number of thiazole rings is 1. The van der Waals surface area contributed by atoms with Gasteiger partial charge in [-0.15, -0.1) is 0 Å². The average Bonchev–Trinajstić information content (AvgIpc) is 2.92. The quantitative estimate of drug-likeness (QED) is 0.678. The minimum absolute atomic E-state index is 0.0538. The maximum absolute atomic E-state index is 11.0. The molecule has 0 aliphatic heterocycles. The van der Waals surface area contributed by atoms with Crippen LogP contribution < -0.4 is 10.2 Å². The molecule has 0 spiro atoms. The van der Waals surface area contributed by atoms with Gasteiger partial charge in [0, 0.05) is 24.2 Å². The summed E-state index contributed by atoms with van der Waals surface area (Å²) in [6.45, 7) is 0.986. The Labute approximate surface area is 126 Å². The molecule has 3 aromatic rings. The lowest BCUT2D eigenvalue weighted by Crippen LogP contribution is -2.21. The van der Waals surface area contributed by atoms with E-state index in [1.807, 2.05) is 36.4 Å². The van der Waals surface area contributed by atoms with Crippen LogP contribution in [0.3, 0.4) is 0 Å². The molecule has 3 rings (SSSR count). The second-order valence-electron chi connectivity index (χ2n) is 4.93. The molecule has 1 atom stereocenters. The molecule has 0 radical (unpaired) electrons. The molecule has 0 bridgehead atoms. The van der Waals surface area contributed by atoms with Crippen molar-refractivity contribution in [3.63, 3.8) is 0 Å². The molecule has 0 aliphatic rings. The number of aromatic amines is 1. The van der Waals surface area contributed by atoms with Crippen molar-refractivity contribution < 1.29 is 5.11 Å². The van der Waals surface area contributed by atoms with Crippen LogP contribution in [0.4, 0.5) is 0 Å². The fourth-order valence-electron chi connectivity index (χ4n) is 2.28. The topological polar surface area (TPSA) is 65.1 Å². The second-order valence-corrected chi connectivity index (χ2v) is 5.77. The smallest absolute Gasteiger partial charge is 0.304 e. The van der Waals surface area contributed by atoms with E-state index in [0.717, 1.165) is 33.4 Å². The summed E-state index contributed by atoms with van der Waals surface area (Å²) in [5.74, 6) is 0.